The largest absolute Gasteiger partial charge is 0.290 e. The van der Waals surface area contributed by atoms with Crippen molar-refractivity contribution in [3.05, 3.63) is 56.6 Å². The van der Waals surface area contributed by atoms with Gasteiger partial charge in [0, 0.05) is 33.9 Å². The van der Waals surface area contributed by atoms with Crippen LogP contribution < -0.4 is 5.56 Å². The molecule has 0 aliphatic heterocycles. The Labute approximate surface area is 150 Å². The molecule has 0 radical (unpaired) electrons. The predicted molar refractivity (Wildman–Crippen MR) is 98.8 cm³/mol. The Morgan fingerprint density at radius 3 is 2.58 bits per heavy atom. The second-order valence-electron chi connectivity index (χ2n) is 6.16. The fourth-order valence-corrected chi connectivity index (χ4v) is 3.23. The fraction of sp³-hybridized carbons (Fsp3) is 0.278. The van der Waals surface area contributed by atoms with Gasteiger partial charge in [-0.25, -0.2) is 9.97 Å². The summed E-state index contributed by atoms with van der Waals surface area (Å²) in [5.41, 5.74) is 3.23. The Balaban J connectivity index is 2.35. The number of hydrogen-bond acceptors (Lipinski definition) is 3. The molecule has 2 aromatic heterocycles. The smallest absolute Gasteiger partial charge is 0.273 e. The molecule has 3 rings (SSSR count). The van der Waals surface area contributed by atoms with E-state index in [4.69, 9.17) is 23.2 Å². The molecule has 0 saturated carbocycles. The fourth-order valence-electron chi connectivity index (χ4n) is 2.72. The van der Waals surface area contributed by atoms with Crippen molar-refractivity contribution in [2.75, 3.05) is 0 Å². The Hall–Kier alpha value is -1.91. The first-order valence-corrected chi connectivity index (χ1v) is 8.45. The standard InChI is InChI=1S/C18H17Cl2N3O/c1-10(2)9-23-17-16(22-11(3)18(23)24)14(6-7-21-17)13-5-4-12(19)8-15(13)20/h4-8,10H,9H2,1-3H3. The maximum atomic E-state index is 12.5. The minimum absolute atomic E-state index is 0.108. The van der Waals surface area contributed by atoms with Crippen LogP contribution in [0.5, 0.6) is 0 Å². The van der Waals surface area contributed by atoms with Crippen molar-refractivity contribution in [3.63, 3.8) is 0 Å². The molecule has 0 saturated heterocycles. The van der Waals surface area contributed by atoms with Crippen molar-refractivity contribution in [2.45, 2.75) is 27.3 Å². The third-order valence-corrected chi connectivity index (χ3v) is 4.31. The third kappa shape index (κ3) is 3.04. The van der Waals surface area contributed by atoms with Crippen LogP contribution >= 0.6 is 23.2 Å². The molecule has 0 aliphatic carbocycles. The van der Waals surface area contributed by atoms with E-state index in [1.807, 2.05) is 12.1 Å². The summed E-state index contributed by atoms with van der Waals surface area (Å²) in [6, 6.07) is 7.19. The molecular weight excluding hydrogens is 345 g/mol. The second-order valence-corrected chi connectivity index (χ2v) is 7.01. The summed E-state index contributed by atoms with van der Waals surface area (Å²) in [5, 5.41) is 1.11. The van der Waals surface area contributed by atoms with E-state index in [-0.39, 0.29) is 5.56 Å². The van der Waals surface area contributed by atoms with Crippen molar-refractivity contribution in [1.82, 2.24) is 14.5 Å². The first-order valence-electron chi connectivity index (χ1n) is 7.70. The molecule has 0 spiro atoms. The van der Waals surface area contributed by atoms with Gasteiger partial charge in [0.25, 0.3) is 5.56 Å². The molecule has 0 aliphatic rings. The first-order chi connectivity index (χ1) is 11.4. The highest BCUT2D eigenvalue weighted by atomic mass is 35.5. The highest BCUT2D eigenvalue weighted by Crippen LogP contribution is 2.33. The van der Waals surface area contributed by atoms with Gasteiger partial charge >= 0.3 is 0 Å². The number of pyridine rings is 1. The lowest BCUT2D eigenvalue weighted by atomic mass is 10.1. The second kappa shape index (κ2) is 6.54. The van der Waals surface area contributed by atoms with E-state index in [1.54, 1.807) is 29.8 Å². The average Bonchev–Trinajstić information content (AvgIpc) is 2.51. The van der Waals surface area contributed by atoms with Gasteiger partial charge in [0.15, 0.2) is 5.65 Å². The van der Waals surface area contributed by atoms with E-state index >= 15 is 0 Å². The maximum Gasteiger partial charge on any atom is 0.273 e. The third-order valence-electron chi connectivity index (χ3n) is 3.76. The van der Waals surface area contributed by atoms with Crippen LogP contribution in [0.3, 0.4) is 0 Å². The SMILES string of the molecule is Cc1nc2c(-c3ccc(Cl)cc3Cl)ccnc2n(CC(C)C)c1=O. The number of aryl methyl sites for hydroxylation is 1. The molecule has 0 unspecified atom stereocenters. The van der Waals surface area contributed by atoms with Gasteiger partial charge in [-0.1, -0.05) is 43.1 Å². The highest BCUT2D eigenvalue weighted by molar-refractivity contribution is 6.36. The molecule has 0 bridgehead atoms. The molecule has 124 valence electrons. The minimum Gasteiger partial charge on any atom is -0.290 e. The van der Waals surface area contributed by atoms with Gasteiger partial charge < -0.3 is 0 Å². The molecule has 4 nitrogen and oxygen atoms in total. The Bertz CT molecular complexity index is 980. The van der Waals surface area contributed by atoms with E-state index in [1.165, 1.54) is 0 Å². The van der Waals surface area contributed by atoms with Gasteiger partial charge in [0.1, 0.15) is 11.2 Å². The van der Waals surface area contributed by atoms with Gasteiger partial charge in [-0.05, 0) is 31.0 Å². The summed E-state index contributed by atoms with van der Waals surface area (Å²) in [5.74, 6) is 0.317. The Morgan fingerprint density at radius 1 is 1.17 bits per heavy atom. The van der Waals surface area contributed by atoms with Gasteiger partial charge in [-0.15, -0.1) is 0 Å². The lowest BCUT2D eigenvalue weighted by Crippen LogP contribution is -2.26. The summed E-state index contributed by atoms with van der Waals surface area (Å²) < 4.78 is 1.69. The summed E-state index contributed by atoms with van der Waals surface area (Å²) in [7, 11) is 0. The molecule has 2 heterocycles. The van der Waals surface area contributed by atoms with Crippen LogP contribution in [0.2, 0.25) is 10.0 Å². The van der Waals surface area contributed by atoms with E-state index in [0.29, 0.717) is 39.4 Å². The normalized spacial score (nSPS) is 11.4. The summed E-state index contributed by atoms with van der Waals surface area (Å²) >= 11 is 12.4. The first kappa shape index (κ1) is 16.9. The van der Waals surface area contributed by atoms with E-state index in [0.717, 1.165) is 11.1 Å². The molecule has 0 amide bonds. The van der Waals surface area contributed by atoms with Crippen molar-refractivity contribution < 1.29 is 0 Å². The number of nitrogens with zero attached hydrogens (tertiary/aromatic N) is 3. The maximum absolute atomic E-state index is 12.5. The van der Waals surface area contributed by atoms with Gasteiger partial charge in [0.05, 0.1) is 0 Å². The van der Waals surface area contributed by atoms with Gasteiger partial charge in [-0.3, -0.25) is 9.36 Å². The van der Waals surface area contributed by atoms with Crippen LogP contribution in [-0.4, -0.2) is 14.5 Å². The van der Waals surface area contributed by atoms with Gasteiger partial charge in [0.2, 0.25) is 0 Å². The van der Waals surface area contributed by atoms with Crippen molar-refractivity contribution in [3.8, 4) is 11.1 Å². The Kier molecular flexibility index (Phi) is 4.61. The monoisotopic (exact) mass is 361 g/mol. The van der Waals surface area contributed by atoms with Crippen LogP contribution in [0.15, 0.2) is 35.3 Å². The number of halogens is 2. The number of rotatable bonds is 3. The Morgan fingerprint density at radius 2 is 1.92 bits per heavy atom. The van der Waals surface area contributed by atoms with E-state index < -0.39 is 0 Å². The van der Waals surface area contributed by atoms with Crippen LogP contribution in [0.25, 0.3) is 22.3 Å². The van der Waals surface area contributed by atoms with E-state index in [9.17, 15) is 4.79 Å². The zero-order chi connectivity index (χ0) is 17.4. The number of fused-ring (bicyclic) bond motifs is 1. The van der Waals surface area contributed by atoms with E-state index in [2.05, 4.69) is 23.8 Å². The molecular formula is C18H17Cl2N3O. The molecule has 0 N–H and O–H groups in total. The summed E-state index contributed by atoms with van der Waals surface area (Å²) in [6.45, 7) is 6.43. The van der Waals surface area contributed by atoms with Crippen LogP contribution in [-0.2, 0) is 6.54 Å². The van der Waals surface area contributed by atoms with Crippen LogP contribution in [0.4, 0.5) is 0 Å². The lowest BCUT2D eigenvalue weighted by molar-refractivity contribution is 0.518. The van der Waals surface area contributed by atoms with Crippen molar-refractivity contribution >= 4 is 34.4 Å². The van der Waals surface area contributed by atoms with Gasteiger partial charge in [-0.2, -0.15) is 0 Å². The molecule has 6 heteroatoms. The van der Waals surface area contributed by atoms with Crippen LogP contribution in [0, 0.1) is 12.8 Å². The number of benzene rings is 1. The lowest BCUT2D eigenvalue weighted by Gasteiger charge is -2.14. The molecule has 3 aromatic rings. The molecule has 24 heavy (non-hydrogen) atoms. The molecule has 0 atom stereocenters. The van der Waals surface area contributed by atoms with Crippen molar-refractivity contribution in [2.24, 2.45) is 5.92 Å². The topological polar surface area (TPSA) is 47.8 Å². The zero-order valence-electron chi connectivity index (χ0n) is 13.7. The molecule has 1 aromatic carbocycles. The number of aromatic nitrogens is 3. The number of hydrogen-bond donors (Lipinski definition) is 0. The average molecular weight is 362 g/mol. The highest BCUT2D eigenvalue weighted by Gasteiger charge is 2.16. The minimum atomic E-state index is -0.108. The summed E-state index contributed by atoms with van der Waals surface area (Å²) in [6.07, 6.45) is 1.68. The van der Waals surface area contributed by atoms with Crippen molar-refractivity contribution in [1.29, 1.82) is 0 Å². The van der Waals surface area contributed by atoms with Crippen LogP contribution in [0.1, 0.15) is 19.5 Å². The predicted octanol–water partition coefficient (Wildman–Crippen LogP) is 4.73. The molecule has 0 fully saturated rings. The summed E-state index contributed by atoms with van der Waals surface area (Å²) in [4.78, 5) is 21.4. The quantitative estimate of drug-likeness (QED) is 0.677. The zero-order valence-corrected chi connectivity index (χ0v) is 15.2.